The fourth-order valence-corrected chi connectivity index (χ4v) is 2.06. The first-order valence-electron chi connectivity index (χ1n) is 5.70. The minimum atomic E-state index is -0.534. The van der Waals surface area contributed by atoms with Gasteiger partial charge in [0.15, 0.2) is 0 Å². The van der Waals surface area contributed by atoms with Crippen LogP contribution >= 0.6 is 0 Å². The predicted molar refractivity (Wildman–Crippen MR) is 63.2 cm³/mol. The summed E-state index contributed by atoms with van der Waals surface area (Å²) >= 11 is 0. The van der Waals surface area contributed by atoms with E-state index in [1.807, 2.05) is 12.1 Å². The van der Waals surface area contributed by atoms with E-state index in [0.29, 0.717) is 13.1 Å². The molecule has 0 bridgehead atoms. The molecule has 92 valence electrons. The number of carbonyl (C=O) groups excluding carboxylic acids is 1. The summed E-state index contributed by atoms with van der Waals surface area (Å²) in [6, 6.07) is 3.90. The van der Waals surface area contributed by atoms with Crippen LogP contribution in [0.25, 0.3) is 0 Å². The molecule has 0 fully saturated rings. The Morgan fingerprint density at radius 3 is 3.24 bits per heavy atom. The molecule has 0 saturated carbocycles. The number of amides is 1. The Balaban J connectivity index is 2.09. The number of rotatable bonds is 3. The van der Waals surface area contributed by atoms with Gasteiger partial charge in [-0.2, -0.15) is 0 Å². The van der Waals surface area contributed by atoms with E-state index in [1.54, 1.807) is 11.1 Å². The average molecular weight is 235 g/mol. The third-order valence-electron chi connectivity index (χ3n) is 3.05. The van der Waals surface area contributed by atoms with Gasteiger partial charge >= 0.3 is 0 Å². The van der Waals surface area contributed by atoms with Gasteiger partial charge in [0.1, 0.15) is 6.10 Å². The smallest absolute Gasteiger partial charge is 0.253 e. The Bertz CT molecular complexity index is 404. The maximum absolute atomic E-state index is 12.1. The first-order valence-corrected chi connectivity index (χ1v) is 5.70. The Labute approximate surface area is 101 Å². The molecule has 0 aliphatic carbocycles. The Morgan fingerprint density at radius 2 is 2.53 bits per heavy atom. The van der Waals surface area contributed by atoms with Crippen LogP contribution in [-0.4, -0.2) is 42.1 Å². The van der Waals surface area contributed by atoms with Crippen molar-refractivity contribution < 1.29 is 9.53 Å². The van der Waals surface area contributed by atoms with Crippen molar-refractivity contribution in [2.75, 3.05) is 20.2 Å². The van der Waals surface area contributed by atoms with E-state index in [1.165, 1.54) is 7.11 Å². The second-order valence-corrected chi connectivity index (χ2v) is 4.08. The normalized spacial score (nSPS) is 16.5. The Hall–Kier alpha value is -1.46. The number of aromatic nitrogens is 1. The summed E-state index contributed by atoms with van der Waals surface area (Å²) in [4.78, 5) is 18.2. The van der Waals surface area contributed by atoms with E-state index in [-0.39, 0.29) is 12.5 Å². The zero-order chi connectivity index (χ0) is 12.3. The second kappa shape index (κ2) is 5.25. The Morgan fingerprint density at radius 1 is 1.71 bits per heavy atom. The molecule has 2 N–H and O–H groups in total. The van der Waals surface area contributed by atoms with Gasteiger partial charge in [-0.25, -0.2) is 0 Å². The van der Waals surface area contributed by atoms with Crippen LogP contribution in [0.4, 0.5) is 0 Å². The summed E-state index contributed by atoms with van der Waals surface area (Å²) in [5, 5.41) is 0. The molecule has 1 aliphatic heterocycles. The van der Waals surface area contributed by atoms with Crippen LogP contribution in [0.1, 0.15) is 11.3 Å². The molecule has 1 amide bonds. The largest absolute Gasteiger partial charge is 0.370 e. The monoisotopic (exact) mass is 235 g/mol. The lowest BCUT2D eigenvalue weighted by atomic mass is 10.1. The van der Waals surface area contributed by atoms with Crippen molar-refractivity contribution in [2.45, 2.75) is 19.1 Å². The number of fused-ring (bicyclic) bond motifs is 1. The molecule has 2 rings (SSSR count). The molecule has 0 aromatic carbocycles. The molecule has 5 heteroatoms. The van der Waals surface area contributed by atoms with Crippen LogP contribution in [0, 0.1) is 0 Å². The van der Waals surface area contributed by atoms with E-state index < -0.39 is 6.10 Å². The van der Waals surface area contributed by atoms with Gasteiger partial charge in [0.05, 0.1) is 0 Å². The van der Waals surface area contributed by atoms with E-state index in [0.717, 1.165) is 17.7 Å². The average Bonchev–Trinajstić information content (AvgIpc) is 2.39. The number of carbonyl (C=O) groups is 1. The highest BCUT2D eigenvalue weighted by atomic mass is 16.5. The summed E-state index contributed by atoms with van der Waals surface area (Å²) in [7, 11) is 1.51. The molecule has 2 heterocycles. The summed E-state index contributed by atoms with van der Waals surface area (Å²) in [6.07, 6.45) is 2.05. The highest BCUT2D eigenvalue weighted by molar-refractivity contribution is 5.81. The van der Waals surface area contributed by atoms with Crippen LogP contribution in [-0.2, 0) is 22.5 Å². The minimum absolute atomic E-state index is 0.0375. The molecular weight excluding hydrogens is 218 g/mol. The third kappa shape index (κ3) is 2.45. The molecule has 1 aromatic heterocycles. The van der Waals surface area contributed by atoms with Crippen LogP contribution in [0.2, 0.25) is 0 Å². The zero-order valence-corrected chi connectivity index (χ0v) is 9.93. The zero-order valence-electron chi connectivity index (χ0n) is 9.93. The lowest BCUT2D eigenvalue weighted by Gasteiger charge is -2.30. The van der Waals surface area contributed by atoms with Crippen LogP contribution in [0.3, 0.4) is 0 Å². The first-order chi connectivity index (χ1) is 8.26. The van der Waals surface area contributed by atoms with Crippen molar-refractivity contribution in [3.8, 4) is 0 Å². The van der Waals surface area contributed by atoms with Gasteiger partial charge in [-0.05, 0) is 11.6 Å². The van der Waals surface area contributed by atoms with Gasteiger partial charge in [-0.15, -0.1) is 0 Å². The Kier molecular flexibility index (Phi) is 3.71. The van der Waals surface area contributed by atoms with Gasteiger partial charge in [-0.3, -0.25) is 9.78 Å². The lowest BCUT2D eigenvalue weighted by molar-refractivity contribution is -0.142. The molecule has 5 nitrogen and oxygen atoms in total. The summed E-state index contributed by atoms with van der Waals surface area (Å²) in [5.41, 5.74) is 7.69. The summed E-state index contributed by atoms with van der Waals surface area (Å²) < 4.78 is 5.07. The standard InChI is InChI=1S/C12H17N3O2/c1-17-11(7-13)12(16)15-6-4-10-9(8-15)3-2-5-14-10/h2-3,5,11H,4,6-8,13H2,1H3. The highest BCUT2D eigenvalue weighted by Crippen LogP contribution is 2.17. The summed E-state index contributed by atoms with van der Waals surface area (Å²) in [6.45, 7) is 1.50. The van der Waals surface area contributed by atoms with Gasteiger partial charge in [0.2, 0.25) is 0 Å². The lowest BCUT2D eigenvalue weighted by Crippen LogP contribution is -2.45. The number of hydrogen-bond donors (Lipinski definition) is 1. The van der Waals surface area contributed by atoms with Crippen LogP contribution in [0.5, 0.6) is 0 Å². The quantitative estimate of drug-likeness (QED) is 0.797. The summed E-state index contributed by atoms with van der Waals surface area (Å²) in [5.74, 6) is -0.0375. The molecular formula is C12H17N3O2. The van der Waals surface area contributed by atoms with Crippen molar-refractivity contribution in [3.05, 3.63) is 29.6 Å². The fraction of sp³-hybridized carbons (Fsp3) is 0.500. The van der Waals surface area contributed by atoms with E-state index in [9.17, 15) is 4.79 Å². The third-order valence-corrected chi connectivity index (χ3v) is 3.05. The van der Waals surface area contributed by atoms with Crippen molar-refractivity contribution in [3.63, 3.8) is 0 Å². The van der Waals surface area contributed by atoms with Crippen molar-refractivity contribution in [2.24, 2.45) is 5.73 Å². The fourth-order valence-electron chi connectivity index (χ4n) is 2.06. The second-order valence-electron chi connectivity index (χ2n) is 4.08. The molecule has 1 aliphatic rings. The molecule has 0 spiro atoms. The van der Waals surface area contributed by atoms with Gasteiger partial charge in [0.25, 0.3) is 5.91 Å². The van der Waals surface area contributed by atoms with E-state index >= 15 is 0 Å². The molecule has 17 heavy (non-hydrogen) atoms. The van der Waals surface area contributed by atoms with Crippen LogP contribution in [0.15, 0.2) is 18.3 Å². The van der Waals surface area contributed by atoms with Gasteiger partial charge in [0, 0.05) is 45.1 Å². The number of ether oxygens (including phenoxy) is 1. The molecule has 0 saturated heterocycles. The van der Waals surface area contributed by atoms with E-state index in [4.69, 9.17) is 10.5 Å². The van der Waals surface area contributed by atoms with Crippen LogP contribution < -0.4 is 5.73 Å². The van der Waals surface area contributed by atoms with Gasteiger partial charge in [-0.1, -0.05) is 6.07 Å². The minimum Gasteiger partial charge on any atom is -0.370 e. The molecule has 0 radical (unpaired) electrons. The van der Waals surface area contributed by atoms with Crippen molar-refractivity contribution in [1.29, 1.82) is 0 Å². The number of hydrogen-bond acceptors (Lipinski definition) is 4. The molecule has 1 unspecified atom stereocenters. The molecule has 1 aromatic rings. The highest BCUT2D eigenvalue weighted by Gasteiger charge is 2.26. The van der Waals surface area contributed by atoms with Crippen molar-refractivity contribution >= 4 is 5.91 Å². The SMILES string of the molecule is COC(CN)C(=O)N1CCc2ncccc2C1. The predicted octanol–water partition coefficient (Wildman–Crippen LogP) is -0.0600. The van der Waals surface area contributed by atoms with Crippen molar-refractivity contribution in [1.82, 2.24) is 9.88 Å². The maximum atomic E-state index is 12.1. The number of nitrogens with zero attached hydrogens (tertiary/aromatic N) is 2. The van der Waals surface area contributed by atoms with E-state index in [2.05, 4.69) is 4.98 Å². The topological polar surface area (TPSA) is 68.5 Å². The number of methoxy groups -OCH3 is 1. The number of pyridine rings is 1. The number of nitrogens with two attached hydrogens (primary N) is 1. The maximum Gasteiger partial charge on any atom is 0.253 e. The van der Waals surface area contributed by atoms with Gasteiger partial charge < -0.3 is 15.4 Å². The first kappa shape index (κ1) is 12.0. The molecule has 1 atom stereocenters.